The number of benzene rings is 1. The molecule has 0 N–H and O–H groups in total. The Morgan fingerprint density at radius 2 is 2.00 bits per heavy atom. The van der Waals surface area contributed by atoms with Crippen molar-refractivity contribution in [2.75, 3.05) is 25.6 Å². The lowest BCUT2D eigenvalue weighted by Crippen LogP contribution is -2.51. The minimum Gasteiger partial charge on any atom is -0.489 e. The summed E-state index contributed by atoms with van der Waals surface area (Å²) in [7, 11) is 3.19. The van der Waals surface area contributed by atoms with Gasteiger partial charge in [0.1, 0.15) is 24.0 Å². The molecule has 0 radical (unpaired) electrons. The highest BCUT2D eigenvalue weighted by Crippen LogP contribution is 2.32. The minimum absolute atomic E-state index is 0.0344. The molecule has 7 nitrogen and oxygen atoms in total. The molecule has 156 valence electrons. The van der Waals surface area contributed by atoms with Crippen LogP contribution in [0, 0.1) is 11.8 Å². The predicted octanol–water partition coefficient (Wildman–Crippen LogP) is 3.07. The van der Waals surface area contributed by atoms with Gasteiger partial charge in [0, 0.05) is 37.6 Å². The molecule has 0 aliphatic carbocycles. The summed E-state index contributed by atoms with van der Waals surface area (Å²) < 4.78 is 11.2. The van der Waals surface area contributed by atoms with Crippen LogP contribution < -0.4 is 9.64 Å². The maximum absolute atomic E-state index is 13.1. The van der Waals surface area contributed by atoms with Gasteiger partial charge in [0.2, 0.25) is 0 Å². The molecule has 2 heterocycles. The maximum atomic E-state index is 13.1. The topological polar surface area (TPSA) is 72.0 Å². The van der Waals surface area contributed by atoms with E-state index in [2.05, 4.69) is 16.8 Å². The van der Waals surface area contributed by atoms with Crippen LogP contribution >= 0.6 is 0 Å². The van der Waals surface area contributed by atoms with E-state index < -0.39 is 17.7 Å². The zero-order chi connectivity index (χ0) is 21.9. The number of aromatic nitrogens is 1. The Kier molecular flexibility index (Phi) is 5.97. The molecular formula is C23H25N3O4. The summed E-state index contributed by atoms with van der Waals surface area (Å²) in [6.45, 7) is 5.37. The lowest BCUT2D eigenvalue weighted by atomic mass is 10.1. The van der Waals surface area contributed by atoms with E-state index in [1.54, 1.807) is 52.3 Å². The normalized spacial score (nSPS) is 15.8. The first-order valence-corrected chi connectivity index (χ1v) is 9.58. The Morgan fingerprint density at radius 3 is 2.67 bits per heavy atom. The number of hydrogen-bond donors (Lipinski definition) is 0. The standard InChI is InChI=1S/C23H25N3O4/c1-23(2,3)30-22(28)26(5)19-15-29-20-11-10-16(13-18(20)25(4)21(19)27)8-9-17-7-6-12-24-14-17/h6-7,10-14,19H,15H2,1-5H3/t19-/m0/s1. The van der Waals surface area contributed by atoms with Crippen LogP contribution in [0.25, 0.3) is 0 Å². The van der Waals surface area contributed by atoms with E-state index in [1.807, 2.05) is 18.2 Å². The van der Waals surface area contributed by atoms with Gasteiger partial charge in [0.15, 0.2) is 0 Å². The fourth-order valence-electron chi connectivity index (χ4n) is 2.88. The highest BCUT2D eigenvalue weighted by Gasteiger charge is 2.36. The van der Waals surface area contributed by atoms with Crippen molar-refractivity contribution >= 4 is 17.7 Å². The van der Waals surface area contributed by atoms with Crippen LogP contribution in [0.4, 0.5) is 10.5 Å². The molecule has 1 aliphatic rings. The van der Waals surface area contributed by atoms with Crippen molar-refractivity contribution in [1.29, 1.82) is 0 Å². The second-order valence-corrected chi connectivity index (χ2v) is 7.99. The third-order valence-electron chi connectivity index (χ3n) is 4.49. The quantitative estimate of drug-likeness (QED) is 0.680. The third-order valence-corrected chi connectivity index (χ3v) is 4.49. The number of anilines is 1. The van der Waals surface area contributed by atoms with Gasteiger partial charge in [-0.25, -0.2) is 4.79 Å². The molecule has 0 saturated carbocycles. The molecule has 0 fully saturated rings. The Hall–Kier alpha value is -3.53. The van der Waals surface area contributed by atoms with Gasteiger partial charge >= 0.3 is 6.09 Å². The average molecular weight is 407 g/mol. The Balaban J connectivity index is 1.83. The first-order chi connectivity index (χ1) is 14.2. The molecule has 1 aromatic heterocycles. The maximum Gasteiger partial charge on any atom is 0.410 e. The van der Waals surface area contributed by atoms with Crippen LogP contribution in [-0.2, 0) is 9.53 Å². The van der Waals surface area contributed by atoms with Crippen LogP contribution in [0.15, 0.2) is 42.7 Å². The fraction of sp³-hybridized carbons (Fsp3) is 0.348. The molecule has 3 rings (SSSR count). The zero-order valence-corrected chi connectivity index (χ0v) is 17.8. The lowest BCUT2D eigenvalue weighted by Gasteiger charge is -2.30. The summed E-state index contributed by atoms with van der Waals surface area (Å²) in [5.74, 6) is 6.41. The Bertz CT molecular complexity index is 1000. The van der Waals surface area contributed by atoms with E-state index in [4.69, 9.17) is 9.47 Å². The number of pyridine rings is 1. The van der Waals surface area contributed by atoms with Gasteiger partial charge in [0.25, 0.3) is 5.91 Å². The van der Waals surface area contributed by atoms with Gasteiger partial charge in [0.05, 0.1) is 5.69 Å². The zero-order valence-electron chi connectivity index (χ0n) is 17.8. The summed E-state index contributed by atoms with van der Waals surface area (Å²) in [4.78, 5) is 32.3. The number of hydrogen-bond acceptors (Lipinski definition) is 5. The molecule has 2 aromatic rings. The number of likely N-dealkylation sites (N-methyl/N-ethyl adjacent to an activating group) is 2. The van der Waals surface area contributed by atoms with Crippen LogP contribution in [0.2, 0.25) is 0 Å². The van der Waals surface area contributed by atoms with Crippen molar-refractivity contribution in [3.05, 3.63) is 53.9 Å². The first kappa shape index (κ1) is 21.2. The van der Waals surface area contributed by atoms with Gasteiger partial charge < -0.3 is 14.4 Å². The van der Waals surface area contributed by atoms with Gasteiger partial charge in [-0.3, -0.25) is 14.7 Å². The summed E-state index contributed by atoms with van der Waals surface area (Å²) in [6, 6.07) is 8.30. The SMILES string of the molecule is CN1C(=O)[C@@H](N(C)C(=O)OC(C)(C)C)COc2ccc(C#Cc3cccnc3)cc21. The molecule has 0 saturated heterocycles. The monoisotopic (exact) mass is 407 g/mol. The van der Waals surface area contributed by atoms with Gasteiger partial charge in [-0.05, 0) is 51.1 Å². The van der Waals surface area contributed by atoms with Crippen molar-refractivity contribution in [2.45, 2.75) is 32.4 Å². The van der Waals surface area contributed by atoms with E-state index in [1.165, 1.54) is 16.8 Å². The highest BCUT2D eigenvalue weighted by molar-refractivity contribution is 6.00. The van der Waals surface area contributed by atoms with Gasteiger partial charge in [-0.15, -0.1) is 0 Å². The molecule has 7 heteroatoms. The molecule has 1 atom stereocenters. The van der Waals surface area contributed by atoms with Crippen molar-refractivity contribution < 1.29 is 19.1 Å². The van der Waals surface area contributed by atoms with E-state index in [0.29, 0.717) is 11.4 Å². The van der Waals surface area contributed by atoms with Crippen molar-refractivity contribution in [3.63, 3.8) is 0 Å². The van der Waals surface area contributed by atoms with Crippen molar-refractivity contribution in [2.24, 2.45) is 0 Å². The molecule has 2 amide bonds. The number of carbonyl (C=O) groups excluding carboxylic acids is 2. The van der Waals surface area contributed by atoms with E-state index in [9.17, 15) is 9.59 Å². The Labute approximate surface area is 176 Å². The van der Waals surface area contributed by atoms with Crippen LogP contribution in [0.3, 0.4) is 0 Å². The Morgan fingerprint density at radius 1 is 1.27 bits per heavy atom. The average Bonchev–Trinajstić information content (AvgIpc) is 2.82. The van der Waals surface area contributed by atoms with Crippen molar-refractivity contribution in [1.82, 2.24) is 9.88 Å². The van der Waals surface area contributed by atoms with E-state index in [0.717, 1.165) is 11.1 Å². The summed E-state index contributed by atoms with van der Waals surface area (Å²) in [5.41, 5.74) is 1.47. The summed E-state index contributed by atoms with van der Waals surface area (Å²) in [6.07, 6.45) is 2.80. The molecule has 0 unspecified atom stereocenters. The van der Waals surface area contributed by atoms with Gasteiger partial charge in [-0.1, -0.05) is 11.8 Å². The minimum atomic E-state index is -0.804. The number of ether oxygens (including phenoxy) is 2. The molecule has 1 aliphatic heterocycles. The number of fused-ring (bicyclic) bond motifs is 1. The largest absolute Gasteiger partial charge is 0.489 e. The second-order valence-electron chi connectivity index (χ2n) is 7.99. The van der Waals surface area contributed by atoms with E-state index in [-0.39, 0.29) is 12.5 Å². The summed E-state index contributed by atoms with van der Waals surface area (Å²) in [5, 5.41) is 0. The van der Waals surface area contributed by atoms with Crippen LogP contribution in [-0.4, -0.2) is 54.2 Å². The number of amides is 2. The molecular weight excluding hydrogens is 382 g/mol. The van der Waals surface area contributed by atoms with Crippen LogP contribution in [0.5, 0.6) is 5.75 Å². The number of carbonyl (C=O) groups is 2. The molecule has 0 spiro atoms. The smallest absolute Gasteiger partial charge is 0.410 e. The van der Waals surface area contributed by atoms with Crippen LogP contribution in [0.1, 0.15) is 31.9 Å². The molecule has 1 aromatic carbocycles. The first-order valence-electron chi connectivity index (χ1n) is 9.58. The fourth-order valence-corrected chi connectivity index (χ4v) is 2.88. The third kappa shape index (κ3) is 4.90. The van der Waals surface area contributed by atoms with E-state index >= 15 is 0 Å². The highest BCUT2D eigenvalue weighted by atomic mass is 16.6. The number of nitrogens with zero attached hydrogens (tertiary/aromatic N) is 3. The predicted molar refractivity (Wildman–Crippen MR) is 113 cm³/mol. The summed E-state index contributed by atoms with van der Waals surface area (Å²) >= 11 is 0. The second kappa shape index (κ2) is 8.46. The molecule has 0 bridgehead atoms. The lowest BCUT2D eigenvalue weighted by molar-refractivity contribution is -0.123. The van der Waals surface area contributed by atoms with Crippen molar-refractivity contribution in [3.8, 4) is 17.6 Å². The number of rotatable bonds is 1. The van der Waals surface area contributed by atoms with Gasteiger partial charge in [-0.2, -0.15) is 0 Å². The molecule has 30 heavy (non-hydrogen) atoms.